The summed E-state index contributed by atoms with van der Waals surface area (Å²) in [7, 11) is 1.92. The fourth-order valence-corrected chi connectivity index (χ4v) is 3.14. The highest BCUT2D eigenvalue weighted by atomic mass is 16.2. The van der Waals surface area contributed by atoms with Crippen LogP contribution in [-0.2, 0) is 24.8 Å². The van der Waals surface area contributed by atoms with Crippen LogP contribution < -0.4 is 15.5 Å². The summed E-state index contributed by atoms with van der Waals surface area (Å²) >= 11 is 0. The van der Waals surface area contributed by atoms with Gasteiger partial charge in [0, 0.05) is 45.0 Å². The van der Waals surface area contributed by atoms with Crippen LogP contribution in [0.25, 0.3) is 0 Å². The summed E-state index contributed by atoms with van der Waals surface area (Å²) in [5.41, 5.74) is 3.30. The van der Waals surface area contributed by atoms with E-state index in [1.165, 1.54) is 5.56 Å². The van der Waals surface area contributed by atoms with Crippen LogP contribution in [0, 0.1) is 0 Å². The second kappa shape index (κ2) is 9.21. The van der Waals surface area contributed by atoms with Crippen molar-refractivity contribution in [1.82, 2.24) is 20.4 Å². The number of carbonyl (C=O) groups is 1. The largest absolute Gasteiger partial charge is 0.357 e. The summed E-state index contributed by atoms with van der Waals surface area (Å²) in [5, 5.41) is 10.8. The molecule has 0 unspecified atom stereocenters. The molecular weight excluding hydrogens is 340 g/mol. The number of guanidine groups is 1. The second-order valence-corrected chi connectivity index (χ2v) is 6.71. The van der Waals surface area contributed by atoms with E-state index in [0.717, 1.165) is 49.7 Å². The number of nitrogens with zero attached hydrogens (tertiary/aromatic N) is 4. The van der Waals surface area contributed by atoms with Crippen molar-refractivity contribution in [1.29, 1.82) is 0 Å². The van der Waals surface area contributed by atoms with Gasteiger partial charge in [0.1, 0.15) is 0 Å². The zero-order valence-corrected chi connectivity index (χ0v) is 16.1. The van der Waals surface area contributed by atoms with Gasteiger partial charge in [0.2, 0.25) is 5.91 Å². The normalized spacial score (nSPS) is 14.7. The van der Waals surface area contributed by atoms with E-state index in [9.17, 15) is 4.79 Å². The average molecular weight is 368 g/mol. The summed E-state index contributed by atoms with van der Waals surface area (Å²) in [4.78, 5) is 18.3. The van der Waals surface area contributed by atoms with Gasteiger partial charge in [-0.25, -0.2) is 4.99 Å². The number of hydrogen-bond donors (Lipinski definition) is 2. The molecule has 2 heterocycles. The van der Waals surface area contributed by atoms with E-state index in [-0.39, 0.29) is 5.91 Å². The number of nitrogens with one attached hydrogen (secondary N) is 2. The highest BCUT2D eigenvalue weighted by molar-refractivity contribution is 5.95. The predicted molar refractivity (Wildman–Crippen MR) is 108 cm³/mol. The molecule has 1 amide bonds. The predicted octanol–water partition coefficient (Wildman–Crippen LogP) is 1.84. The molecule has 27 heavy (non-hydrogen) atoms. The highest BCUT2D eigenvalue weighted by Gasteiger charge is 2.21. The number of aromatic nitrogens is 2. The Balaban J connectivity index is 1.53. The van der Waals surface area contributed by atoms with Gasteiger partial charge in [0.15, 0.2) is 5.96 Å². The molecular formula is C20H28N6O. The first kappa shape index (κ1) is 18.9. The smallest absolute Gasteiger partial charge is 0.227 e. The molecule has 2 aromatic rings. The van der Waals surface area contributed by atoms with Crippen LogP contribution in [0.2, 0.25) is 0 Å². The Morgan fingerprint density at radius 2 is 2.04 bits per heavy atom. The van der Waals surface area contributed by atoms with E-state index in [2.05, 4.69) is 27.6 Å². The molecule has 1 aliphatic rings. The quantitative estimate of drug-likeness (QED) is 0.578. The highest BCUT2D eigenvalue weighted by Crippen LogP contribution is 2.21. The minimum Gasteiger partial charge on any atom is -0.357 e. The third-order valence-corrected chi connectivity index (χ3v) is 4.55. The van der Waals surface area contributed by atoms with Crippen molar-refractivity contribution in [2.24, 2.45) is 12.0 Å². The van der Waals surface area contributed by atoms with Crippen LogP contribution in [0.3, 0.4) is 0 Å². The van der Waals surface area contributed by atoms with Crippen LogP contribution in [0.4, 0.5) is 5.69 Å². The molecule has 1 aliphatic heterocycles. The maximum absolute atomic E-state index is 11.8. The van der Waals surface area contributed by atoms with Crippen LogP contribution >= 0.6 is 0 Å². The van der Waals surface area contributed by atoms with Crippen LogP contribution in [-0.4, -0.2) is 41.3 Å². The number of aliphatic imine (C=N–C) groups is 1. The van der Waals surface area contributed by atoms with Gasteiger partial charge in [0.25, 0.3) is 0 Å². The summed E-state index contributed by atoms with van der Waals surface area (Å²) in [6.45, 7) is 5.08. The van der Waals surface area contributed by atoms with Crippen molar-refractivity contribution < 1.29 is 4.79 Å². The van der Waals surface area contributed by atoms with E-state index in [1.54, 1.807) is 0 Å². The SMILES string of the molecule is CCNC(=NCc1ccc(N2CCCC2=O)cc1)NCCc1cnn(C)c1. The zero-order chi connectivity index (χ0) is 19.1. The number of amides is 1. The molecule has 2 N–H and O–H groups in total. The van der Waals surface area contributed by atoms with E-state index in [4.69, 9.17) is 0 Å². The van der Waals surface area contributed by atoms with Crippen LogP contribution in [0.5, 0.6) is 0 Å². The number of hydrogen-bond acceptors (Lipinski definition) is 3. The molecule has 1 aromatic heterocycles. The number of carbonyl (C=O) groups excluding carboxylic acids is 1. The van der Waals surface area contributed by atoms with Gasteiger partial charge in [0.05, 0.1) is 12.7 Å². The Morgan fingerprint density at radius 3 is 2.67 bits per heavy atom. The van der Waals surface area contributed by atoms with Gasteiger partial charge in [-0.3, -0.25) is 9.48 Å². The van der Waals surface area contributed by atoms with Gasteiger partial charge in [-0.2, -0.15) is 5.10 Å². The number of rotatable bonds is 7. The third-order valence-electron chi connectivity index (χ3n) is 4.55. The number of benzene rings is 1. The van der Waals surface area contributed by atoms with Gasteiger partial charge < -0.3 is 15.5 Å². The molecule has 1 fully saturated rings. The van der Waals surface area contributed by atoms with Crippen molar-refractivity contribution in [3.63, 3.8) is 0 Å². The molecule has 0 bridgehead atoms. The monoisotopic (exact) mass is 368 g/mol. The van der Waals surface area contributed by atoms with Gasteiger partial charge in [-0.15, -0.1) is 0 Å². The van der Waals surface area contributed by atoms with Gasteiger partial charge >= 0.3 is 0 Å². The molecule has 0 aliphatic carbocycles. The fourth-order valence-electron chi connectivity index (χ4n) is 3.14. The van der Waals surface area contributed by atoms with E-state index in [1.807, 2.05) is 53.3 Å². The third kappa shape index (κ3) is 5.32. The average Bonchev–Trinajstić information content (AvgIpc) is 3.28. The topological polar surface area (TPSA) is 74.6 Å². The van der Waals surface area contributed by atoms with Crippen molar-refractivity contribution in [2.45, 2.75) is 32.7 Å². The summed E-state index contributed by atoms with van der Waals surface area (Å²) < 4.78 is 1.81. The molecule has 0 spiro atoms. The number of aryl methyl sites for hydroxylation is 1. The lowest BCUT2D eigenvalue weighted by atomic mass is 10.2. The Morgan fingerprint density at radius 1 is 1.22 bits per heavy atom. The van der Waals surface area contributed by atoms with E-state index in [0.29, 0.717) is 13.0 Å². The van der Waals surface area contributed by atoms with E-state index >= 15 is 0 Å². The minimum atomic E-state index is 0.216. The molecule has 7 heteroatoms. The lowest BCUT2D eigenvalue weighted by Crippen LogP contribution is -2.38. The summed E-state index contributed by atoms with van der Waals surface area (Å²) in [6.07, 6.45) is 6.41. The van der Waals surface area contributed by atoms with Gasteiger partial charge in [-0.05, 0) is 43.0 Å². The summed E-state index contributed by atoms with van der Waals surface area (Å²) in [6, 6.07) is 8.11. The number of anilines is 1. The Kier molecular flexibility index (Phi) is 6.46. The maximum Gasteiger partial charge on any atom is 0.227 e. The molecule has 7 nitrogen and oxygen atoms in total. The standard InChI is InChI=1S/C20H28N6O/c1-3-21-20(22-11-10-17-14-24-25(2)15-17)23-13-16-6-8-18(9-7-16)26-12-4-5-19(26)27/h6-9,14-15H,3-5,10-13H2,1-2H3,(H2,21,22,23). The fraction of sp³-hybridized carbons (Fsp3) is 0.450. The molecule has 0 radical (unpaired) electrons. The lowest BCUT2D eigenvalue weighted by molar-refractivity contribution is -0.117. The molecule has 0 atom stereocenters. The van der Waals surface area contributed by atoms with Crippen molar-refractivity contribution in [2.75, 3.05) is 24.5 Å². The molecule has 0 saturated carbocycles. The Hall–Kier alpha value is -2.83. The first-order chi connectivity index (χ1) is 13.2. The molecule has 1 saturated heterocycles. The lowest BCUT2D eigenvalue weighted by Gasteiger charge is -2.16. The molecule has 1 aromatic carbocycles. The Bertz CT molecular complexity index is 780. The minimum absolute atomic E-state index is 0.216. The van der Waals surface area contributed by atoms with Crippen LogP contribution in [0.15, 0.2) is 41.7 Å². The van der Waals surface area contributed by atoms with Crippen molar-refractivity contribution in [3.05, 3.63) is 47.8 Å². The Labute approximate surface area is 160 Å². The first-order valence-electron chi connectivity index (χ1n) is 9.54. The molecule has 144 valence electrons. The second-order valence-electron chi connectivity index (χ2n) is 6.71. The van der Waals surface area contributed by atoms with E-state index < -0.39 is 0 Å². The van der Waals surface area contributed by atoms with Gasteiger partial charge in [-0.1, -0.05) is 12.1 Å². The zero-order valence-electron chi connectivity index (χ0n) is 16.1. The summed E-state index contributed by atoms with van der Waals surface area (Å²) in [5.74, 6) is 1.02. The molecule has 3 rings (SSSR count). The maximum atomic E-state index is 11.8. The first-order valence-corrected chi connectivity index (χ1v) is 9.54. The van der Waals surface area contributed by atoms with Crippen LogP contribution in [0.1, 0.15) is 30.9 Å². The van der Waals surface area contributed by atoms with Crippen molar-refractivity contribution >= 4 is 17.6 Å². The van der Waals surface area contributed by atoms with Crippen molar-refractivity contribution in [3.8, 4) is 0 Å².